The van der Waals surface area contributed by atoms with E-state index >= 15 is 0 Å². The summed E-state index contributed by atoms with van der Waals surface area (Å²) in [5, 5.41) is 5.03. The van der Waals surface area contributed by atoms with Gasteiger partial charge in [-0.25, -0.2) is 9.37 Å². The van der Waals surface area contributed by atoms with Crippen LogP contribution in [0.1, 0.15) is 33.0 Å². The van der Waals surface area contributed by atoms with Crippen molar-refractivity contribution < 1.29 is 14.0 Å². The Morgan fingerprint density at radius 2 is 2.04 bits per heavy atom. The molecule has 0 saturated heterocycles. The molecule has 0 aliphatic carbocycles. The maximum Gasteiger partial charge on any atom is 0.226 e. The van der Waals surface area contributed by atoms with E-state index in [1.54, 1.807) is 18.3 Å². The second kappa shape index (κ2) is 8.13. The van der Waals surface area contributed by atoms with Crippen LogP contribution in [0.4, 0.5) is 9.52 Å². The van der Waals surface area contributed by atoms with Crippen LogP contribution >= 0.6 is 22.7 Å². The highest BCUT2D eigenvalue weighted by molar-refractivity contribution is 7.15. The van der Waals surface area contributed by atoms with E-state index in [2.05, 4.69) is 10.3 Å². The monoisotopic (exact) mass is 374 g/mol. The van der Waals surface area contributed by atoms with E-state index in [0.717, 1.165) is 10.4 Å². The number of carbonyl (C=O) groups is 2. The van der Waals surface area contributed by atoms with Gasteiger partial charge in [0.05, 0.1) is 4.88 Å². The van der Waals surface area contributed by atoms with Gasteiger partial charge >= 0.3 is 0 Å². The zero-order valence-corrected chi connectivity index (χ0v) is 14.8. The lowest BCUT2D eigenvalue weighted by Gasteiger charge is -2.01. The second-order valence-electron chi connectivity index (χ2n) is 5.39. The van der Waals surface area contributed by atoms with Crippen LogP contribution in [0, 0.1) is 5.82 Å². The average molecular weight is 374 g/mol. The Bertz CT molecular complexity index is 875. The number of hydrogen-bond acceptors (Lipinski definition) is 5. The molecule has 2 aromatic heterocycles. The van der Waals surface area contributed by atoms with Gasteiger partial charge in [-0.2, -0.15) is 0 Å². The number of aromatic nitrogens is 1. The third-order valence-corrected chi connectivity index (χ3v) is 5.27. The first kappa shape index (κ1) is 17.4. The van der Waals surface area contributed by atoms with E-state index in [9.17, 15) is 14.0 Å². The topological polar surface area (TPSA) is 59.1 Å². The van der Waals surface area contributed by atoms with Crippen molar-refractivity contribution >= 4 is 39.5 Å². The summed E-state index contributed by atoms with van der Waals surface area (Å²) in [7, 11) is 0. The average Bonchev–Trinajstić information content (AvgIpc) is 3.25. The van der Waals surface area contributed by atoms with Crippen LogP contribution in [0.3, 0.4) is 0 Å². The number of benzene rings is 1. The minimum absolute atomic E-state index is 0.0314. The standard InChI is InChI=1S/C18H15FN2O2S2/c19-13-4-1-3-12(9-13)10-14-11-20-18(25-14)21-17(23)7-6-15(22)16-5-2-8-24-16/h1-5,8-9,11H,6-7,10H2,(H,20,21,23). The first-order valence-corrected chi connectivity index (χ1v) is 9.35. The number of nitrogens with one attached hydrogen (secondary N) is 1. The Morgan fingerprint density at radius 3 is 2.80 bits per heavy atom. The van der Waals surface area contributed by atoms with Crippen molar-refractivity contribution in [2.75, 3.05) is 5.32 Å². The third-order valence-electron chi connectivity index (χ3n) is 3.44. The van der Waals surface area contributed by atoms with Crippen LogP contribution in [-0.4, -0.2) is 16.7 Å². The summed E-state index contributed by atoms with van der Waals surface area (Å²) in [6.45, 7) is 0. The molecule has 0 bridgehead atoms. The van der Waals surface area contributed by atoms with Crippen LogP contribution < -0.4 is 5.32 Å². The van der Waals surface area contributed by atoms with Crippen molar-refractivity contribution in [1.29, 1.82) is 0 Å². The molecule has 3 rings (SSSR count). The first-order chi connectivity index (χ1) is 12.1. The predicted octanol–water partition coefficient (Wildman–Crippen LogP) is 4.54. The molecule has 1 amide bonds. The molecular formula is C18H15FN2O2S2. The van der Waals surface area contributed by atoms with E-state index in [4.69, 9.17) is 0 Å². The summed E-state index contributed by atoms with van der Waals surface area (Å²) < 4.78 is 13.2. The van der Waals surface area contributed by atoms with Crippen molar-refractivity contribution in [1.82, 2.24) is 4.98 Å². The zero-order valence-electron chi connectivity index (χ0n) is 13.2. The van der Waals surface area contributed by atoms with Crippen molar-refractivity contribution in [2.24, 2.45) is 0 Å². The second-order valence-corrected chi connectivity index (χ2v) is 7.45. The molecule has 7 heteroatoms. The number of amides is 1. The fourth-order valence-corrected chi connectivity index (χ4v) is 3.82. The van der Waals surface area contributed by atoms with Crippen molar-refractivity contribution in [3.63, 3.8) is 0 Å². The molecule has 25 heavy (non-hydrogen) atoms. The van der Waals surface area contributed by atoms with E-state index in [0.29, 0.717) is 16.4 Å². The summed E-state index contributed by atoms with van der Waals surface area (Å²) >= 11 is 2.72. The fraction of sp³-hybridized carbons (Fsp3) is 0.167. The summed E-state index contributed by atoms with van der Waals surface area (Å²) in [5.41, 5.74) is 0.850. The van der Waals surface area contributed by atoms with E-state index in [1.165, 1.54) is 34.8 Å². The van der Waals surface area contributed by atoms with Crippen molar-refractivity contribution in [3.05, 3.63) is 69.1 Å². The maximum atomic E-state index is 13.2. The summed E-state index contributed by atoms with van der Waals surface area (Å²) in [6, 6.07) is 9.96. The largest absolute Gasteiger partial charge is 0.302 e. The number of hydrogen-bond donors (Lipinski definition) is 1. The molecule has 0 atom stereocenters. The number of thiophene rings is 1. The highest BCUT2D eigenvalue weighted by atomic mass is 32.1. The molecule has 0 radical (unpaired) electrons. The number of rotatable bonds is 7. The van der Waals surface area contributed by atoms with Gasteiger partial charge in [0.25, 0.3) is 0 Å². The molecule has 1 N–H and O–H groups in total. The SMILES string of the molecule is O=C(CCC(=O)c1cccs1)Nc1ncc(Cc2cccc(F)c2)s1. The van der Waals surface area contributed by atoms with Crippen LogP contribution in [0.5, 0.6) is 0 Å². The van der Waals surface area contributed by atoms with Crippen LogP contribution in [0.25, 0.3) is 0 Å². The molecule has 128 valence electrons. The Balaban J connectivity index is 1.50. The quantitative estimate of drug-likeness (QED) is 0.618. The summed E-state index contributed by atoms with van der Waals surface area (Å²) in [5.74, 6) is -0.543. The van der Waals surface area contributed by atoms with Crippen LogP contribution in [0.15, 0.2) is 48.0 Å². The molecule has 0 aliphatic heterocycles. The minimum atomic E-state index is -0.272. The van der Waals surface area contributed by atoms with Crippen molar-refractivity contribution in [2.45, 2.75) is 19.3 Å². The molecule has 4 nitrogen and oxygen atoms in total. The van der Waals surface area contributed by atoms with E-state index in [1.807, 2.05) is 17.5 Å². The van der Waals surface area contributed by atoms with Gasteiger partial charge in [-0.3, -0.25) is 9.59 Å². The van der Waals surface area contributed by atoms with Gasteiger partial charge in [-0.05, 0) is 29.1 Å². The van der Waals surface area contributed by atoms with Gasteiger partial charge in [0, 0.05) is 30.3 Å². The Labute approximate surface area is 152 Å². The normalized spacial score (nSPS) is 10.6. The Hall–Kier alpha value is -2.38. The number of nitrogens with zero attached hydrogens (tertiary/aromatic N) is 1. The third kappa shape index (κ3) is 5.04. The van der Waals surface area contributed by atoms with Gasteiger partial charge in [-0.1, -0.05) is 18.2 Å². The number of carbonyl (C=O) groups excluding carboxylic acids is 2. The molecule has 0 fully saturated rings. The van der Waals surface area contributed by atoms with Gasteiger partial charge < -0.3 is 5.32 Å². The summed E-state index contributed by atoms with van der Waals surface area (Å²) in [4.78, 5) is 29.6. The number of thiazole rings is 1. The highest BCUT2D eigenvalue weighted by Gasteiger charge is 2.12. The van der Waals surface area contributed by atoms with Crippen LogP contribution in [-0.2, 0) is 11.2 Å². The Kier molecular flexibility index (Phi) is 5.67. The molecule has 0 saturated carbocycles. The molecular weight excluding hydrogens is 359 g/mol. The lowest BCUT2D eigenvalue weighted by molar-refractivity contribution is -0.116. The number of anilines is 1. The molecule has 0 spiro atoms. The highest BCUT2D eigenvalue weighted by Crippen LogP contribution is 2.22. The molecule has 0 unspecified atom stereocenters. The lowest BCUT2D eigenvalue weighted by Crippen LogP contribution is -2.12. The predicted molar refractivity (Wildman–Crippen MR) is 97.8 cm³/mol. The van der Waals surface area contributed by atoms with Gasteiger partial charge in [-0.15, -0.1) is 22.7 Å². The van der Waals surface area contributed by atoms with Gasteiger partial charge in [0.1, 0.15) is 5.82 Å². The minimum Gasteiger partial charge on any atom is -0.302 e. The molecule has 2 heterocycles. The smallest absolute Gasteiger partial charge is 0.226 e. The fourth-order valence-electron chi connectivity index (χ4n) is 2.26. The first-order valence-electron chi connectivity index (χ1n) is 7.66. The van der Waals surface area contributed by atoms with Gasteiger partial charge in [0.15, 0.2) is 10.9 Å². The molecule has 3 aromatic rings. The Morgan fingerprint density at radius 1 is 1.16 bits per heavy atom. The summed E-state index contributed by atoms with van der Waals surface area (Å²) in [6.07, 6.45) is 2.52. The van der Waals surface area contributed by atoms with E-state index in [-0.39, 0.29) is 30.3 Å². The number of ketones is 1. The zero-order chi connectivity index (χ0) is 17.6. The van der Waals surface area contributed by atoms with Crippen molar-refractivity contribution in [3.8, 4) is 0 Å². The number of halogens is 1. The number of Topliss-reactive ketones (excluding diaryl/α,β-unsaturated/α-hetero) is 1. The van der Waals surface area contributed by atoms with Gasteiger partial charge in [0.2, 0.25) is 5.91 Å². The molecule has 1 aromatic carbocycles. The lowest BCUT2D eigenvalue weighted by atomic mass is 10.1. The van der Waals surface area contributed by atoms with E-state index < -0.39 is 0 Å². The van der Waals surface area contributed by atoms with Crippen LogP contribution in [0.2, 0.25) is 0 Å². The molecule has 0 aliphatic rings. The maximum absolute atomic E-state index is 13.2.